The van der Waals surface area contributed by atoms with E-state index in [9.17, 15) is 18.0 Å². The van der Waals surface area contributed by atoms with Crippen molar-refractivity contribution in [1.82, 2.24) is 10.2 Å². The number of benzene rings is 3. The molecule has 2 amide bonds. The fourth-order valence-corrected chi connectivity index (χ4v) is 5.74. The Morgan fingerprint density at radius 2 is 1.43 bits per heavy atom. The number of aryl methyl sites for hydroxylation is 1. The molecular weight excluding hydrogens is 522 g/mol. The molecule has 214 valence electrons. The Morgan fingerprint density at radius 1 is 0.850 bits per heavy atom. The van der Waals surface area contributed by atoms with Crippen LogP contribution in [-0.2, 0) is 26.2 Å². The second-order valence-corrected chi connectivity index (χ2v) is 13.3. The van der Waals surface area contributed by atoms with E-state index in [1.165, 1.54) is 17.0 Å². The summed E-state index contributed by atoms with van der Waals surface area (Å²) in [6.07, 6.45) is 0. The molecule has 40 heavy (non-hydrogen) atoms. The summed E-state index contributed by atoms with van der Waals surface area (Å²) in [6, 6.07) is 22.1. The van der Waals surface area contributed by atoms with Crippen LogP contribution in [-0.4, -0.2) is 43.3 Å². The molecule has 0 aromatic heterocycles. The highest BCUT2D eigenvalue weighted by atomic mass is 32.2. The van der Waals surface area contributed by atoms with E-state index in [1.807, 2.05) is 64.1 Å². The third-order valence-corrected chi connectivity index (χ3v) is 8.51. The van der Waals surface area contributed by atoms with E-state index >= 15 is 0 Å². The van der Waals surface area contributed by atoms with Gasteiger partial charge in [-0.05, 0) is 81.5 Å². The molecular formula is C32H41N3O4S. The number of amides is 2. The number of hydrogen-bond acceptors (Lipinski definition) is 4. The molecule has 0 bridgehead atoms. The summed E-state index contributed by atoms with van der Waals surface area (Å²) < 4.78 is 28.9. The lowest BCUT2D eigenvalue weighted by molar-refractivity contribution is -0.140. The highest BCUT2D eigenvalue weighted by molar-refractivity contribution is 7.92. The van der Waals surface area contributed by atoms with E-state index in [2.05, 4.69) is 19.2 Å². The third-order valence-electron chi connectivity index (χ3n) is 6.73. The standard InChI is InChI=1S/C32H41N3O4S/c1-23(2)26-17-19-28(20-18-26)35(40(38,39)29-15-9-8-10-16-29)22-30(36)34(21-27-14-12-11-13-24(27)3)25(4)31(37)33-32(5,6)7/h8-20,23,25H,21-22H2,1-7H3,(H,33,37)/t25-/m0/s1. The molecule has 3 rings (SSSR count). The quantitative estimate of drug-likeness (QED) is 0.346. The third kappa shape index (κ3) is 7.72. The topological polar surface area (TPSA) is 86.8 Å². The van der Waals surface area contributed by atoms with Gasteiger partial charge in [-0.1, -0.05) is 68.4 Å². The van der Waals surface area contributed by atoms with Crippen molar-refractivity contribution >= 4 is 27.5 Å². The molecule has 1 N–H and O–H groups in total. The van der Waals surface area contributed by atoms with Crippen LogP contribution in [0.1, 0.15) is 64.2 Å². The van der Waals surface area contributed by atoms with Gasteiger partial charge in [-0.2, -0.15) is 0 Å². The van der Waals surface area contributed by atoms with Crippen LogP contribution in [0.3, 0.4) is 0 Å². The van der Waals surface area contributed by atoms with Crippen molar-refractivity contribution in [2.45, 2.75) is 77.4 Å². The van der Waals surface area contributed by atoms with Gasteiger partial charge in [-0.25, -0.2) is 8.42 Å². The number of anilines is 1. The first-order valence-electron chi connectivity index (χ1n) is 13.5. The number of hydrogen-bond donors (Lipinski definition) is 1. The summed E-state index contributed by atoms with van der Waals surface area (Å²) in [5, 5.41) is 2.95. The monoisotopic (exact) mass is 563 g/mol. The molecule has 3 aromatic rings. The van der Waals surface area contributed by atoms with E-state index in [-0.39, 0.29) is 23.3 Å². The van der Waals surface area contributed by atoms with Gasteiger partial charge >= 0.3 is 0 Å². The number of nitrogens with one attached hydrogen (secondary N) is 1. The van der Waals surface area contributed by atoms with Crippen LogP contribution in [0.5, 0.6) is 0 Å². The zero-order chi connectivity index (χ0) is 29.7. The average molecular weight is 564 g/mol. The van der Waals surface area contributed by atoms with E-state index < -0.39 is 34.1 Å². The zero-order valence-electron chi connectivity index (χ0n) is 24.5. The smallest absolute Gasteiger partial charge is 0.264 e. The zero-order valence-corrected chi connectivity index (χ0v) is 25.3. The second-order valence-electron chi connectivity index (χ2n) is 11.4. The van der Waals surface area contributed by atoms with Crippen molar-refractivity contribution in [3.05, 3.63) is 95.6 Å². The van der Waals surface area contributed by atoms with Crippen molar-refractivity contribution in [3.8, 4) is 0 Å². The van der Waals surface area contributed by atoms with Crippen molar-refractivity contribution in [2.24, 2.45) is 0 Å². The van der Waals surface area contributed by atoms with Crippen molar-refractivity contribution in [1.29, 1.82) is 0 Å². The van der Waals surface area contributed by atoms with Gasteiger partial charge in [0.2, 0.25) is 11.8 Å². The van der Waals surface area contributed by atoms with Crippen LogP contribution < -0.4 is 9.62 Å². The summed E-state index contributed by atoms with van der Waals surface area (Å²) >= 11 is 0. The minimum absolute atomic E-state index is 0.0831. The summed E-state index contributed by atoms with van der Waals surface area (Å²) in [6.45, 7) is 13.1. The van der Waals surface area contributed by atoms with E-state index in [4.69, 9.17) is 0 Å². The maximum Gasteiger partial charge on any atom is 0.264 e. The van der Waals surface area contributed by atoms with Crippen LogP contribution in [0, 0.1) is 6.92 Å². The highest BCUT2D eigenvalue weighted by Crippen LogP contribution is 2.27. The maximum atomic E-state index is 14.0. The number of sulfonamides is 1. The average Bonchev–Trinajstić information content (AvgIpc) is 2.90. The lowest BCUT2D eigenvalue weighted by Crippen LogP contribution is -2.54. The molecule has 0 spiro atoms. The number of carbonyl (C=O) groups is 2. The largest absolute Gasteiger partial charge is 0.350 e. The molecule has 7 nitrogen and oxygen atoms in total. The first-order valence-corrected chi connectivity index (χ1v) is 15.0. The molecule has 0 saturated carbocycles. The molecule has 0 radical (unpaired) electrons. The van der Waals surface area contributed by atoms with Gasteiger partial charge in [0.05, 0.1) is 10.6 Å². The lowest BCUT2D eigenvalue weighted by atomic mass is 10.0. The van der Waals surface area contributed by atoms with Crippen LogP contribution in [0.4, 0.5) is 5.69 Å². The van der Waals surface area contributed by atoms with E-state index in [0.29, 0.717) is 5.69 Å². The van der Waals surface area contributed by atoms with Gasteiger partial charge in [0.1, 0.15) is 12.6 Å². The fraction of sp³-hybridized carbons (Fsp3) is 0.375. The predicted octanol–water partition coefficient (Wildman–Crippen LogP) is 5.65. The Labute approximate surface area is 239 Å². The first-order chi connectivity index (χ1) is 18.7. The van der Waals surface area contributed by atoms with Crippen LogP contribution in [0.15, 0.2) is 83.8 Å². The van der Waals surface area contributed by atoms with Crippen LogP contribution in [0.2, 0.25) is 0 Å². The Hall–Kier alpha value is -3.65. The van der Waals surface area contributed by atoms with Gasteiger partial charge in [0.15, 0.2) is 0 Å². The molecule has 3 aromatic carbocycles. The normalized spacial score (nSPS) is 12.6. The molecule has 0 saturated heterocycles. The lowest BCUT2D eigenvalue weighted by Gasteiger charge is -2.33. The minimum Gasteiger partial charge on any atom is -0.350 e. The van der Waals surface area contributed by atoms with Crippen molar-refractivity contribution < 1.29 is 18.0 Å². The van der Waals surface area contributed by atoms with Gasteiger partial charge in [0, 0.05) is 12.1 Å². The number of rotatable bonds is 10. The molecule has 0 aliphatic rings. The molecule has 0 unspecified atom stereocenters. The minimum atomic E-state index is -4.09. The Balaban J connectivity index is 2.05. The molecule has 8 heteroatoms. The molecule has 0 fully saturated rings. The second kappa shape index (κ2) is 12.7. The Bertz CT molecular complexity index is 1410. The predicted molar refractivity (Wildman–Crippen MR) is 161 cm³/mol. The highest BCUT2D eigenvalue weighted by Gasteiger charge is 2.33. The van der Waals surface area contributed by atoms with Gasteiger partial charge in [0.25, 0.3) is 10.0 Å². The SMILES string of the molecule is Cc1ccccc1CN(C(=O)CN(c1ccc(C(C)C)cc1)S(=O)(=O)c1ccccc1)[C@@H](C)C(=O)NC(C)(C)C. The van der Waals surface area contributed by atoms with Gasteiger partial charge in [-0.3, -0.25) is 13.9 Å². The van der Waals surface area contributed by atoms with E-state index in [1.54, 1.807) is 37.3 Å². The summed E-state index contributed by atoms with van der Waals surface area (Å²) in [7, 11) is -4.09. The Morgan fingerprint density at radius 3 is 1.98 bits per heavy atom. The molecule has 0 aliphatic carbocycles. The number of carbonyl (C=O) groups excluding carboxylic acids is 2. The number of nitrogens with zero attached hydrogens (tertiary/aromatic N) is 2. The summed E-state index contributed by atoms with van der Waals surface area (Å²) in [4.78, 5) is 28.8. The van der Waals surface area contributed by atoms with Crippen LogP contribution in [0.25, 0.3) is 0 Å². The van der Waals surface area contributed by atoms with Gasteiger partial charge in [-0.15, -0.1) is 0 Å². The maximum absolute atomic E-state index is 14.0. The van der Waals surface area contributed by atoms with Gasteiger partial charge < -0.3 is 10.2 Å². The molecule has 0 heterocycles. The van der Waals surface area contributed by atoms with Crippen molar-refractivity contribution in [2.75, 3.05) is 10.8 Å². The Kier molecular flexibility index (Phi) is 9.79. The fourth-order valence-electron chi connectivity index (χ4n) is 4.30. The molecule has 0 aliphatic heterocycles. The molecule has 1 atom stereocenters. The van der Waals surface area contributed by atoms with Crippen molar-refractivity contribution in [3.63, 3.8) is 0 Å². The summed E-state index contributed by atoms with van der Waals surface area (Å²) in [5.74, 6) is -0.526. The first kappa shape index (κ1) is 30.9. The summed E-state index contributed by atoms with van der Waals surface area (Å²) in [5.41, 5.74) is 2.79. The van der Waals surface area contributed by atoms with E-state index in [0.717, 1.165) is 21.0 Å². The van der Waals surface area contributed by atoms with Crippen LogP contribution >= 0.6 is 0 Å².